The van der Waals surface area contributed by atoms with Crippen LogP contribution in [0.15, 0.2) is 29.2 Å². The van der Waals surface area contributed by atoms with Crippen molar-refractivity contribution in [3.05, 3.63) is 36.0 Å². The highest BCUT2D eigenvalue weighted by atomic mass is 16.5. The van der Waals surface area contributed by atoms with Gasteiger partial charge in [-0.25, -0.2) is 4.98 Å². The normalized spacial score (nSPS) is 12.2. The molecule has 0 saturated carbocycles. The summed E-state index contributed by atoms with van der Waals surface area (Å²) < 4.78 is 14.9. The van der Waals surface area contributed by atoms with Gasteiger partial charge in [-0.05, 0) is 6.07 Å². The molecule has 0 spiro atoms. The van der Waals surface area contributed by atoms with Crippen molar-refractivity contribution in [1.29, 1.82) is 0 Å². The van der Waals surface area contributed by atoms with Crippen LogP contribution >= 0.6 is 0 Å². The summed E-state index contributed by atoms with van der Waals surface area (Å²) in [6.07, 6.45) is 3.39. The Balaban J connectivity index is 2.38. The van der Waals surface area contributed by atoms with Crippen molar-refractivity contribution in [3.63, 3.8) is 0 Å². The minimum atomic E-state index is -0.942. The standard InChI is InChI=1S/C11H12N2O4/c1-15-8-5-12-9(11(13-8)16-2)10(14)7-3-4-17-6-7/h3-6,10,14H,1-2H3. The molecule has 0 radical (unpaired) electrons. The van der Waals surface area contributed by atoms with Crippen LogP contribution in [-0.4, -0.2) is 29.3 Å². The summed E-state index contributed by atoms with van der Waals surface area (Å²) in [5.41, 5.74) is 0.900. The first-order chi connectivity index (χ1) is 8.26. The fraction of sp³-hybridized carbons (Fsp3) is 0.273. The van der Waals surface area contributed by atoms with Gasteiger partial charge in [0.2, 0.25) is 11.8 Å². The summed E-state index contributed by atoms with van der Waals surface area (Å²) in [5, 5.41) is 10.1. The van der Waals surface area contributed by atoms with E-state index in [1.165, 1.54) is 32.9 Å². The smallest absolute Gasteiger partial charge is 0.241 e. The van der Waals surface area contributed by atoms with Gasteiger partial charge < -0.3 is 19.0 Å². The second kappa shape index (κ2) is 4.84. The second-order valence-electron chi connectivity index (χ2n) is 3.27. The van der Waals surface area contributed by atoms with Gasteiger partial charge in [-0.2, -0.15) is 4.98 Å². The van der Waals surface area contributed by atoms with Crippen molar-refractivity contribution in [2.75, 3.05) is 14.2 Å². The number of aliphatic hydroxyl groups excluding tert-OH is 1. The highest BCUT2D eigenvalue weighted by Crippen LogP contribution is 2.28. The molecule has 0 aromatic carbocycles. The van der Waals surface area contributed by atoms with E-state index < -0.39 is 6.10 Å². The fourth-order valence-electron chi connectivity index (χ4n) is 1.39. The van der Waals surface area contributed by atoms with Crippen LogP contribution in [0.3, 0.4) is 0 Å². The number of hydrogen-bond donors (Lipinski definition) is 1. The molecule has 2 heterocycles. The molecule has 1 unspecified atom stereocenters. The summed E-state index contributed by atoms with van der Waals surface area (Å²) in [4.78, 5) is 8.12. The van der Waals surface area contributed by atoms with E-state index in [9.17, 15) is 5.11 Å². The predicted molar refractivity (Wildman–Crippen MR) is 57.9 cm³/mol. The summed E-state index contributed by atoms with van der Waals surface area (Å²) >= 11 is 0. The van der Waals surface area contributed by atoms with Gasteiger partial charge in [-0.15, -0.1) is 0 Å². The molecular formula is C11H12N2O4. The summed E-state index contributed by atoms with van der Waals surface area (Å²) in [5.74, 6) is 0.544. The largest absolute Gasteiger partial charge is 0.480 e. The molecule has 0 aliphatic carbocycles. The van der Waals surface area contributed by atoms with E-state index in [1.807, 2.05) is 0 Å². The molecule has 2 rings (SSSR count). The van der Waals surface area contributed by atoms with E-state index in [2.05, 4.69) is 9.97 Å². The zero-order valence-corrected chi connectivity index (χ0v) is 9.45. The maximum atomic E-state index is 10.1. The van der Waals surface area contributed by atoms with Crippen LogP contribution in [0.4, 0.5) is 0 Å². The molecule has 1 atom stereocenters. The lowest BCUT2D eigenvalue weighted by Crippen LogP contribution is -2.06. The number of methoxy groups -OCH3 is 2. The lowest BCUT2D eigenvalue weighted by atomic mass is 10.1. The topological polar surface area (TPSA) is 77.6 Å². The molecule has 0 aliphatic heterocycles. The Labute approximate surface area is 97.8 Å². The van der Waals surface area contributed by atoms with Gasteiger partial charge in [-0.3, -0.25) is 0 Å². The SMILES string of the molecule is COc1cnc(C(O)c2ccoc2)c(OC)n1. The number of rotatable bonds is 4. The Bertz CT molecular complexity index is 484. The molecule has 0 fully saturated rings. The zero-order valence-electron chi connectivity index (χ0n) is 9.45. The molecule has 0 amide bonds. The van der Waals surface area contributed by atoms with E-state index in [4.69, 9.17) is 13.9 Å². The van der Waals surface area contributed by atoms with Crippen LogP contribution in [-0.2, 0) is 0 Å². The van der Waals surface area contributed by atoms with Crippen LogP contribution in [0.2, 0.25) is 0 Å². The number of aliphatic hydroxyl groups is 1. The van der Waals surface area contributed by atoms with Crippen LogP contribution in [0, 0.1) is 0 Å². The quantitative estimate of drug-likeness (QED) is 0.858. The van der Waals surface area contributed by atoms with Crippen LogP contribution < -0.4 is 9.47 Å². The molecule has 6 nitrogen and oxygen atoms in total. The first-order valence-corrected chi connectivity index (χ1v) is 4.91. The Morgan fingerprint density at radius 3 is 2.76 bits per heavy atom. The third kappa shape index (κ3) is 2.21. The highest BCUT2D eigenvalue weighted by molar-refractivity contribution is 5.30. The van der Waals surface area contributed by atoms with Crippen molar-refractivity contribution in [2.45, 2.75) is 6.10 Å². The Kier molecular flexibility index (Phi) is 3.24. The number of hydrogen-bond acceptors (Lipinski definition) is 6. The van der Waals surface area contributed by atoms with Gasteiger partial charge in [0.15, 0.2) is 0 Å². The number of furan rings is 1. The van der Waals surface area contributed by atoms with Crippen molar-refractivity contribution >= 4 is 0 Å². The third-order valence-electron chi connectivity index (χ3n) is 2.27. The number of nitrogens with zero attached hydrogens (tertiary/aromatic N) is 2. The number of ether oxygens (including phenoxy) is 2. The predicted octanol–water partition coefficient (Wildman–Crippen LogP) is 1.17. The van der Waals surface area contributed by atoms with E-state index >= 15 is 0 Å². The number of aromatic nitrogens is 2. The molecule has 17 heavy (non-hydrogen) atoms. The maximum Gasteiger partial charge on any atom is 0.241 e. The van der Waals surface area contributed by atoms with Crippen LogP contribution in [0.25, 0.3) is 0 Å². The lowest BCUT2D eigenvalue weighted by Gasteiger charge is -2.11. The molecule has 2 aromatic heterocycles. The molecule has 0 aliphatic rings. The Morgan fingerprint density at radius 1 is 1.35 bits per heavy atom. The molecular weight excluding hydrogens is 224 g/mol. The van der Waals surface area contributed by atoms with Crippen molar-refractivity contribution in [1.82, 2.24) is 9.97 Å². The fourth-order valence-corrected chi connectivity index (χ4v) is 1.39. The van der Waals surface area contributed by atoms with Gasteiger partial charge >= 0.3 is 0 Å². The third-order valence-corrected chi connectivity index (χ3v) is 2.27. The molecule has 0 saturated heterocycles. The van der Waals surface area contributed by atoms with Crippen molar-refractivity contribution in [3.8, 4) is 11.8 Å². The van der Waals surface area contributed by atoms with Gasteiger partial charge in [0.25, 0.3) is 0 Å². The summed E-state index contributed by atoms with van der Waals surface area (Å²) in [6.45, 7) is 0. The lowest BCUT2D eigenvalue weighted by molar-refractivity contribution is 0.205. The monoisotopic (exact) mass is 236 g/mol. The average Bonchev–Trinajstić information content (AvgIpc) is 2.91. The molecule has 2 aromatic rings. The van der Waals surface area contributed by atoms with E-state index in [0.717, 1.165) is 0 Å². The van der Waals surface area contributed by atoms with Crippen molar-refractivity contribution in [2.24, 2.45) is 0 Å². The minimum absolute atomic E-state index is 0.220. The first kappa shape index (κ1) is 11.4. The van der Waals surface area contributed by atoms with Crippen LogP contribution in [0.5, 0.6) is 11.8 Å². The molecule has 90 valence electrons. The second-order valence-corrected chi connectivity index (χ2v) is 3.27. The minimum Gasteiger partial charge on any atom is -0.480 e. The van der Waals surface area contributed by atoms with Gasteiger partial charge in [0, 0.05) is 5.56 Å². The van der Waals surface area contributed by atoms with Gasteiger partial charge in [0.1, 0.15) is 11.8 Å². The van der Waals surface area contributed by atoms with Crippen molar-refractivity contribution < 1.29 is 19.0 Å². The maximum absolute atomic E-state index is 10.1. The first-order valence-electron chi connectivity index (χ1n) is 4.91. The van der Waals surface area contributed by atoms with E-state index in [0.29, 0.717) is 17.1 Å². The summed E-state index contributed by atoms with van der Waals surface area (Å²) in [7, 11) is 2.94. The van der Waals surface area contributed by atoms with Gasteiger partial charge in [0.05, 0.1) is 32.9 Å². The average molecular weight is 236 g/mol. The molecule has 0 bridgehead atoms. The zero-order chi connectivity index (χ0) is 12.3. The van der Waals surface area contributed by atoms with Gasteiger partial charge in [-0.1, -0.05) is 0 Å². The van der Waals surface area contributed by atoms with E-state index in [1.54, 1.807) is 6.07 Å². The van der Waals surface area contributed by atoms with E-state index in [-0.39, 0.29) is 5.88 Å². The Hall–Kier alpha value is -2.08. The molecule has 1 N–H and O–H groups in total. The highest BCUT2D eigenvalue weighted by Gasteiger charge is 2.20. The van der Waals surface area contributed by atoms with Crippen LogP contribution in [0.1, 0.15) is 17.4 Å². The summed E-state index contributed by atoms with van der Waals surface area (Å²) in [6, 6.07) is 1.65. The Morgan fingerprint density at radius 2 is 2.18 bits per heavy atom. The molecule has 6 heteroatoms.